The van der Waals surface area contributed by atoms with Gasteiger partial charge in [0.2, 0.25) is 5.95 Å². The molecule has 2 aliphatic heterocycles. The van der Waals surface area contributed by atoms with Crippen molar-refractivity contribution in [2.45, 2.75) is 32.2 Å². The number of hydrogen-bond acceptors (Lipinski definition) is 7. The topological polar surface area (TPSA) is 94.7 Å². The van der Waals surface area contributed by atoms with E-state index in [2.05, 4.69) is 53.6 Å². The summed E-state index contributed by atoms with van der Waals surface area (Å²) in [7, 11) is 0. The van der Waals surface area contributed by atoms with Crippen LogP contribution in [0.5, 0.6) is 0 Å². The maximum atomic E-state index is 12.7. The van der Waals surface area contributed by atoms with Crippen LogP contribution in [0.15, 0.2) is 60.9 Å². The molecule has 0 radical (unpaired) electrons. The molecular formula is C32H39N7O2. The average Bonchev–Trinajstić information content (AvgIpc) is 3.03. The van der Waals surface area contributed by atoms with Gasteiger partial charge in [-0.05, 0) is 68.7 Å². The Kier molecular flexibility index (Phi) is 10.4. The molecule has 2 aromatic carbocycles. The van der Waals surface area contributed by atoms with Crippen LogP contribution in [0.25, 0.3) is 0 Å². The number of nitrogens with one attached hydrogen (secondary N) is 3. The molecule has 0 aliphatic carbocycles. The minimum Gasteiger partial charge on any atom is -0.378 e. The zero-order valence-electron chi connectivity index (χ0n) is 23.6. The molecule has 0 bridgehead atoms. The number of anilines is 3. The number of ether oxygens (including phenoxy) is 1. The van der Waals surface area contributed by atoms with E-state index in [0.717, 1.165) is 68.2 Å². The lowest BCUT2D eigenvalue weighted by Gasteiger charge is -2.30. The number of rotatable bonds is 9. The number of urea groups is 1. The van der Waals surface area contributed by atoms with Crippen LogP contribution < -0.4 is 20.9 Å². The molecule has 0 atom stereocenters. The Hall–Kier alpha value is -4.13. The summed E-state index contributed by atoms with van der Waals surface area (Å²) in [5.74, 6) is 6.88. The monoisotopic (exact) mass is 553 g/mol. The predicted octanol–water partition coefficient (Wildman–Crippen LogP) is 4.32. The molecule has 2 fully saturated rings. The average molecular weight is 554 g/mol. The van der Waals surface area contributed by atoms with Crippen molar-refractivity contribution in [2.75, 3.05) is 68.0 Å². The number of carbonyl (C=O) groups excluding carboxylic acids is 1. The van der Waals surface area contributed by atoms with Gasteiger partial charge in [-0.15, -0.1) is 0 Å². The first-order valence-electron chi connectivity index (χ1n) is 14.6. The highest BCUT2D eigenvalue weighted by atomic mass is 16.5. The Labute approximate surface area is 242 Å². The van der Waals surface area contributed by atoms with Crippen LogP contribution in [-0.4, -0.2) is 73.4 Å². The van der Waals surface area contributed by atoms with Crippen LogP contribution in [0, 0.1) is 11.8 Å². The van der Waals surface area contributed by atoms with E-state index in [1.807, 2.05) is 42.5 Å². The smallest absolute Gasteiger partial charge is 0.319 e. The van der Waals surface area contributed by atoms with Gasteiger partial charge in [-0.2, -0.15) is 0 Å². The maximum absolute atomic E-state index is 12.7. The van der Waals surface area contributed by atoms with Crippen molar-refractivity contribution >= 4 is 23.4 Å². The van der Waals surface area contributed by atoms with Gasteiger partial charge < -0.3 is 30.5 Å². The zero-order valence-corrected chi connectivity index (χ0v) is 23.6. The number of piperidine rings is 1. The van der Waals surface area contributed by atoms with Gasteiger partial charge in [0.05, 0.1) is 18.8 Å². The fourth-order valence-electron chi connectivity index (χ4n) is 5.11. The third-order valence-electron chi connectivity index (χ3n) is 7.29. The van der Waals surface area contributed by atoms with Crippen LogP contribution in [0.2, 0.25) is 0 Å². The Bertz CT molecular complexity index is 1320. The first-order valence-corrected chi connectivity index (χ1v) is 14.6. The summed E-state index contributed by atoms with van der Waals surface area (Å²) in [6, 6.07) is 15.4. The van der Waals surface area contributed by atoms with Crippen LogP contribution >= 0.6 is 0 Å². The van der Waals surface area contributed by atoms with Gasteiger partial charge in [-0.1, -0.05) is 42.5 Å². The third kappa shape index (κ3) is 8.93. The van der Waals surface area contributed by atoms with Gasteiger partial charge >= 0.3 is 6.03 Å². The standard InChI is InChI=1S/C32H39N7O2/c40-32(36-25-28-9-2-3-11-30(28)39-18-20-41-21-19-39)37-29-10-6-8-26(22-29)12-13-27-23-34-31(35-24-27)33-14-7-17-38-15-4-1-5-16-38/h2-3,6,8-11,22-24H,1,4-5,7,14-21,25H2,(H,33,34,35)(H2,36,37,40). The summed E-state index contributed by atoms with van der Waals surface area (Å²) in [6.07, 6.45) is 8.55. The van der Waals surface area contributed by atoms with E-state index in [4.69, 9.17) is 4.74 Å². The number of carbonyl (C=O) groups is 1. The van der Waals surface area contributed by atoms with Crippen molar-refractivity contribution < 1.29 is 9.53 Å². The lowest BCUT2D eigenvalue weighted by Crippen LogP contribution is -2.37. The van der Waals surface area contributed by atoms with Crippen LogP contribution in [0.3, 0.4) is 0 Å². The van der Waals surface area contributed by atoms with E-state index in [0.29, 0.717) is 18.2 Å². The number of likely N-dealkylation sites (tertiary alicyclic amines) is 1. The number of aromatic nitrogens is 2. The Morgan fingerprint density at radius 3 is 2.51 bits per heavy atom. The Balaban J connectivity index is 1.08. The van der Waals surface area contributed by atoms with Gasteiger partial charge in [0.1, 0.15) is 0 Å². The quantitative estimate of drug-likeness (QED) is 0.268. The predicted molar refractivity (Wildman–Crippen MR) is 163 cm³/mol. The summed E-state index contributed by atoms with van der Waals surface area (Å²) in [5, 5.41) is 9.19. The lowest BCUT2D eigenvalue weighted by molar-refractivity contribution is 0.122. The molecule has 214 valence electrons. The number of benzene rings is 2. The number of nitrogens with zero attached hydrogens (tertiary/aromatic N) is 4. The molecule has 41 heavy (non-hydrogen) atoms. The molecule has 9 nitrogen and oxygen atoms in total. The van der Waals surface area contributed by atoms with Crippen molar-refractivity contribution in [1.82, 2.24) is 20.2 Å². The molecule has 0 unspecified atom stereocenters. The summed E-state index contributed by atoms with van der Waals surface area (Å²) in [6.45, 7) is 7.99. The summed E-state index contributed by atoms with van der Waals surface area (Å²) >= 11 is 0. The number of morpholine rings is 1. The van der Waals surface area contributed by atoms with Crippen LogP contribution in [0.1, 0.15) is 42.4 Å². The molecule has 0 saturated carbocycles. The number of para-hydroxylation sites is 1. The van der Waals surface area contributed by atoms with Crippen molar-refractivity contribution in [3.05, 3.63) is 77.6 Å². The fraction of sp³-hybridized carbons (Fsp3) is 0.406. The van der Waals surface area contributed by atoms with E-state index >= 15 is 0 Å². The van der Waals surface area contributed by atoms with E-state index < -0.39 is 0 Å². The van der Waals surface area contributed by atoms with Gasteiger partial charge in [0.15, 0.2) is 0 Å². The van der Waals surface area contributed by atoms with Gasteiger partial charge in [-0.25, -0.2) is 14.8 Å². The molecule has 3 heterocycles. The molecule has 0 spiro atoms. The lowest BCUT2D eigenvalue weighted by atomic mass is 10.1. The minimum absolute atomic E-state index is 0.265. The molecule has 2 saturated heterocycles. The van der Waals surface area contributed by atoms with Crippen molar-refractivity contribution in [2.24, 2.45) is 0 Å². The third-order valence-corrected chi connectivity index (χ3v) is 7.29. The number of amides is 2. The highest BCUT2D eigenvalue weighted by Crippen LogP contribution is 2.21. The second-order valence-electron chi connectivity index (χ2n) is 10.3. The molecule has 5 rings (SSSR count). The summed E-state index contributed by atoms with van der Waals surface area (Å²) in [5.41, 5.74) is 4.41. The molecule has 2 amide bonds. The van der Waals surface area contributed by atoms with Crippen molar-refractivity contribution in [3.8, 4) is 11.8 Å². The SMILES string of the molecule is O=C(NCc1ccccc1N1CCOCC1)Nc1cccc(C#Cc2cnc(NCCCN3CCCCC3)nc2)c1. The molecule has 1 aromatic heterocycles. The first-order chi connectivity index (χ1) is 20.2. The second-order valence-corrected chi connectivity index (χ2v) is 10.3. The zero-order chi connectivity index (χ0) is 28.1. The molecule has 2 aliphatic rings. The van der Waals surface area contributed by atoms with Gasteiger partial charge in [0, 0.05) is 55.5 Å². The van der Waals surface area contributed by atoms with E-state index in [1.165, 1.54) is 32.4 Å². The summed E-state index contributed by atoms with van der Waals surface area (Å²) < 4.78 is 5.47. The molecular weight excluding hydrogens is 514 g/mol. The van der Waals surface area contributed by atoms with E-state index in [1.54, 1.807) is 12.4 Å². The number of hydrogen-bond donors (Lipinski definition) is 3. The van der Waals surface area contributed by atoms with E-state index in [9.17, 15) is 4.79 Å². The molecule has 3 aromatic rings. The van der Waals surface area contributed by atoms with Crippen LogP contribution in [-0.2, 0) is 11.3 Å². The Morgan fingerprint density at radius 2 is 1.68 bits per heavy atom. The van der Waals surface area contributed by atoms with Gasteiger partial charge in [-0.3, -0.25) is 0 Å². The largest absolute Gasteiger partial charge is 0.378 e. The first kappa shape index (κ1) is 28.4. The summed E-state index contributed by atoms with van der Waals surface area (Å²) in [4.78, 5) is 26.3. The fourth-order valence-corrected chi connectivity index (χ4v) is 5.11. The van der Waals surface area contributed by atoms with E-state index in [-0.39, 0.29) is 6.03 Å². The van der Waals surface area contributed by atoms with Gasteiger partial charge in [0.25, 0.3) is 0 Å². The second kappa shape index (κ2) is 15.0. The Morgan fingerprint density at radius 1 is 0.902 bits per heavy atom. The highest BCUT2D eigenvalue weighted by molar-refractivity contribution is 5.89. The minimum atomic E-state index is -0.265. The normalized spacial score (nSPS) is 15.5. The molecule has 3 N–H and O–H groups in total. The molecule has 9 heteroatoms. The van der Waals surface area contributed by atoms with Crippen molar-refractivity contribution in [1.29, 1.82) is 0 Å². The van der Waals surface area contributed by atoms with Crippen LogP contribution in [0.4, 0.5) is 22.1 Å². The highest BCUT2D eigenvalue weighted by Gasteiger charge is 2.15. The maximum Gasteiger partial charge on any atom is 0.319 e. The van der Waals surface area contributed by atoms with Crippen molar-refractivity contribution in [3.63, 3.8) is 0 Å².